The van der Waals surface area contributed by atoms with Crippen LogP contribution in [-0.2, 0) is 14.2 Å². The molecule has 1 saturated heterocycles. The van der Waals surface area contributed by atoms with Gasteiger partial charge in [0.05, 0.1) is 12.2 Å². The smallest absolute Gasteiger partial charge is 0.340 e. The van der Waals surface area contributed by atoms with Gasteiger partial charge in [0.25, 0.3) is 0 Å². The molecule has 1 aromatic carbocycles. The van der Waals surface area contributed by atoms with Gasteiger partial charge in [0.15, 0.2) is 24.1 Å². The average molecular weight is 495 g/mol. The fourth-order valence-electron chi connectivity index (χ4n) is 3.87. The van der Waals surface area contributed by atoms with Crippen LogP contribution in [0, 0.1) is 5.92 Å². The molecule has 0 amide bonds. The number of hydrogen-bond donors (Lipinski definition) is 3. The largest absolute Gasteiger partial charge is 0.478 e. The molecule has 10 nitrogen and oxygen atoms in total. The van der Waals surface area contributed by atoms with Crippen LogP contribution in [0.4, 0.5) is 0 Å². The average Bonchev–Trinajstić information content (AvgIpc) is 3.38. The molecule has 35 heavy (non-hydrogen) atoms. The van der Waals surface area contributed by atoms with Crippen LogP contribution in [0.25, 0.3) is 6.08 Å². The van der Waals surface area contributed by atoms with Gasteiger partial charge in [0, 0.05) is 18.7 Å². The molecule has 2 aliphatic heterocycles. The number of carboxylic acids is 1. The minimum Gasteiger partial charge on any atom is -0.478 e. The highest BCUT2D eigenvalue weighted by atomic mass is 16.8. The third-order valence-corrected chi connectivity index (χ3v) is 5.79. The topological polar surface area (TPSA) is 133 Å². The van der Waals surface area contributed by atoms with Crippen molar-refractivity contribution in [1.29, 1.82) is 0 Å². The van der Waals surface area contributed by atoms with Crippen molar-refractivity contribution in [2.45, 2.75) is 64.3 Å². The Morgan fingerprint density at radius 1 is 1.23 bits per heavy atom. The Hall–Kier alpha value is -2.63. The Morgan fingerprint density at radius 3 is 2.63 bits per heavy atom. The van der Waals surface area contributed by atoms with E-state index in [2.05, 4.69) is 0 Å². The molecule has 1 unspecified atom stereocenters. The summed E-state index contributed by atoms with van der Waals surface area (Å²) in [5, 5.41) is 30.3. The van der Waals surface area contributed by atoms with E-state index in [1.807, 2.05) is 6.92 Å². The zero-order chi connectivity index (χ0) is 25.8. The van der Waals surface area contributed by atoms with Gasteiger partial charge in [0.1, 0.15) is 23.5 Å². The zero-order valence-corrected chi connectivity index (χ0v) is 20.6. The lowest BCUT2D eigenvalue weighted by Crippen LogP contribution is -2.34. The highest BCUT2D eigenvalue weighted by Crippen LogP contribution is 2.43. The van der Waals surface area contributed by atoms with Crippen LogP contribution < -0.4 is 14.2 Å². The second-order valence-corrected chi connectivity index (χ2v) is 9.01. The van der Waals surface area contributed by atoms with Gasteiger partial charge in [-0.15, -0.1) is 0 Å². The van der Waals surface area contributed by atoms with Gasteiger partial charge in [-0.05, 0) is 33.1 Å². The van der Waals surface area contributed by atoms with Crippen molar-refractivity contribution >= 4 is 12.0 Å². The number of carbonyl (C=O) groups is 1. The molecule has 194 valence electrons. The molecule has 1 aromatic rings. The molecular formula is C25H34O10. The van der Waals surface area contributed by atoms with Crippen molar-refractivity contribution in [3.05, 3.63) is 35.4 Å². The molecule has 0 radical (unpaired) electrons. The molecule has 0 saturated carbocycles. The van der Waals surface area contributed by atoms with Crippen LogP contribution >= 0.6 is 0 Å². The number of fused-ring (bicyclic) bond motifs is 1. The van der Waals surface area contributed by atoms with Crippen LogP contribution in [0.2, 0.25) is 0 Å². The van der Waals surface area contributed by atoms with E-state index in [1.54, 1.807) is 45.1 Å². The van der Waals surface area contributed by atoms with Crippen molar-refractivity contribution in [2.24, 2.45) is 5.92 Å². The normalized spacial score (nSPS) is 23.6. The van der Waals surface area contributed by atoms with Gasteiger partial charge in [0.2, 0.25) is 6.79 Å². The maximum atomic E-state index is 12.1. The Labute approximate surface area is 204 Å². The molecule has 0 spiro atoms. The molecular weight excluding hydrogens is 460 g/mol. The van der Waals surface area contributed by atoms with Gasteiger partial charge < -0.3 is 43.7 Å². The minimum atomic E-state index is -1.19. The second kappa shape index (κ2) is 11.4. The van der Waals surface area contributed by atoms with E-state index in [1.165, 1.54) is 13.2 Å². The highest BCUT2D eigenvalue weighted by molar-refractivity contribution is 5.97. The van der Waals surface area contributed by atoms with E-state index >= 15 is 0 Å². The summed E-state index contributed by atoms with van der Waals surface area (Å²) in [6.07, 6.45) is 4.33. The van der Waals surface area contributed by atoms with Crippen molar-refractivity contribution in [1.82, 2.24) is 0 Å². The highest BCUT2D eigenvalue weighted by Gasteiger charge is 2.43. The Kier molecular flexibility index (Phi) is 8.79. The zero-order valence-electron chi connectivity index (χ0n) is 20.6. The van der Waals surface area contributed by atoms with Gasteiger partial charge in [-0.1, -0.05) is 31.2 Å². The number of aromatic carboxylic acids is 1. The van der Waals surface area contributed by atoms with Crippen LogP contribution in [0.15, 0.2) is 24.3 Å². The lowest BCUT2D eigenvalue weighted by molar-refractivity contribution is -0.152. The molecule has 10 heteroatoms. The maximum Gasteiger partial charge on any atom is 0.340 e. The van der Waals surface area contributed by atoms with E-state index in [9.17, 15) is 20.1 Å². The van der Waals surface area contributed by atoms with Gasteiger partial charge >= 0.3 is 5.97 Å². The summed E-state index contributed by atoms with van der Waals surface area (Å²) in [6.45, 7) is 6.87. The van der Waals surface area contributed by atoms with Crippen molar-refractivity contribution < 1.29 is 48.5 Å². The van der Waals surface area contributed by atoms with E-state index < -0.39 is 36.2 Å². The molecule has 2 heterocycles. The second-order valence-electron chi connectivity index (χ2n) is 9.01. The van der Waals surface area contributed by atoms with Crippen molar-refractivity contribution in [3.63, 3.8) is 0 Å². The summed E-state index contributed by atoms with van der Waals surface area (Å²) in [4.78, 5) is 12.1. The maximum absolute atomic E-state index is 12.1. The first-order chi connectivity index (χ1) is 16.5. The molecule has 1 fully saturated rings. The third-order valence-electron chi connectivity index (χ3n) is 5.79. The third kappa shape index (κ3) is 6.53. The van der Waals surface area contributed by atoms with Crippen LogP contribution in [-0.4, -0.2) is 72.2 Å². The Bertz CT molecular complexity index is 952. The fraction of sp³-hybridized carbons (Fsp3) is 0.560. The number of rotatable bonds is 11. The lowest BCUT2D eigenvalue weighted by atomic mass is 9.99. The van der Waals surface area contributed by atoms with Gasteiger partial charge in [-0.2, -0.15) is 0 Å². The Balaban J connectivity index is 1.84. The summed E-state index contributed by atoms with van der Waals surface area (Å²) in [5.74, 6) is -1.47. The Morgan fingerprint density at radius 2 is 1.97 bits per heavy atom. The summed E-state index contributed by atoms with van der Waals surface area (Å²) in [7, 11) is 1.43. The van der Waals surface area contributed by atoms with Crippen LogP contribution in [0.1, 0.15) is 50.0 Å². The standard InChI is InChI=1S/C25H34O10/c1-14(15(2)26)9-10-17(27)23-18(34-25(3,4)35-23)8-6-7-16-21(24(28)29)19(31-12-30-5)11-20-22(16)33-13-32-20/h6-7,9-11,14-15,17-18,23,26-27H,8,12-13H2,1-5H3,(H,28,29)/t14-,15+,17?,18+,23-/m1/s1. The van der Waals surface area contributed by atoms with E-state index in [4.69, 9.17) is 28.4 Å². The predicted molar refractivity (Wildman–Crippen MR) is 125 cm³/mol. The summed E-state index contributed by atoms with van der Waals surface area (Å²) >= 11 is 0. The number of aliphatic hydroxyl groups is 2. The molecule has 3 rings (SSSR count). The number of carboxylic acid groups (broad SMARTS) is 1. The first kappa shape index (κ1) is 27.0. The number of hydrogen-bond acceptors (Lipinski definition) is 9. The van der Waals surface area contributed by atoms with Gasteiger partial charge in [-0.25, -0.2) is 4.79 Å². The SMILES string of the molecule is COCOc1cc2c(c(C=CC[C@@H]3OC(C)(C)O[C@@H]3C(O)C=C[C@@H](C)[C@H](C)O)c1C(=O)O)OCO2. The molecule has 2 aliphatic rings. The summed E-state index contributed by atoms with van der Waals surface area (Å²) < 4.78 is 33.2. The molecule has 3 N–H and O–H groups in total. The molecule has 0 aromatic heterocycles. The number of benzene rings is 1. The summed E-state index contributed by atoms with van der Waals surface area (Å²) in [5.41, 5.74) is 0.206. The van der Waals surface area contributed by atoms with Crippen LogP contribution in [0.3, 0.4) is 0 Å². The quantitative estimate of drug-likeness (QED) is 0.311. The fourth-order valence-corrected chi connectivity index (χ4v) is 3.87. The number of methoxy groups -OCH3 is 1. The van der Waals surface area contributed by atoms with Crippen molar-refractivity contribution in [2.75, 3.05) is 20.7 Å². The van der Waals surface area contributed by atoms with Crippen LogP contribution in [0.5, 0.6) is 17.2 Å². The van der Waals surface area contributed by atoms with Crippen molar-refractivity contribution in [3.8, 4) is 17.2 Å². The first-order valence-electron chi connectivity index (χ1n) is 11.4. The minimum absolute atomic E-state index is 0.0395. The van der Waals surface area contributed by atoms with Gasteiger partial charge in [-0.3, -0.25) is 0 Å². The van der Waals surface area contributed by atoms with E-state index in [0.717, 1.165) is 0 Å². The number of aliphatic hydroxyl groups excluding tert-OH is 2. The molecule has 0 aliphatic carbocycles. The lowest BCUT2D eigenvalue weighted by Gasteiger charge is -2.20. The first-order valence-corrected chi connectivity index (χ1v) is 11.4. The summed E-state index contributed by atoms with van der Waals surface area (Å²) in [6, 6.07) is 1.46. The van der Waals surface area contributed by atoms with E-state index in [0.29, 0.717) is 23.5 Å². The monoisotopic (exact) mass is 494 g/mol. The van der Waals surface area contributed by atoms with E-state index in [-0.39, 0.29) is 30.8 Å². The molecule has 5 atom stereocenters. The molecule has 0 bridgehead atoms. The predicted octanol–water partition coefficient (Wildman–Crippen LogP) is 2.95. The number of ether oxygens (including phenoxy) is 6.